The lowest BCUT2D eigenvalue weighted by atomic mass is 10.2. The first kappa shape index (κ1) is 18.7. The topological polar surface area (TPSA) is 53.4 Å². The number of aromatic nitrogens is 2. The molecule has 2 heterocycles. The van der Waals surface area contributed by atoms with E-state index < -0.39 is 0 Å². The Morgan fingerprint density at radius 2 is 1.61 bits per heavy atom. The number of rotatable bonds is 6. The number of nitrogens with one attached hydrogen (secondary N) is 1. The second kappa shape index (κ2) is 8.54. The predicted molar refractivity (Wildman–Crippen MR) is 111 cm³/mol. The van der Waals surface area contributed by atoms with Crippen molar-refractivity contribution in [1.82, 2.24) is 24.7 Å². The van der Waals surface area contributed by atoms with E-state index in [0.717, 1.165) is 50.6 Å². The average molecular weight is 377 g/mol. The molecule has 0 aliphatic carbocycles. The molecule has 1 N–H and O–H groups in total. The number of hydrogen-bond donors (Lipinski definition) is 1. The van der Waals surface area contributed by atoms with Crippen molar-refractivity contribution in [2.75, 3.05) is 39.8 Å². The number of hydrogen-bond acceptors (Lipinski definition) is 4. The Labute approximate surface area is 165 Å². The Bertz CT molecular complexity index is 929. The van der Waals surface area contributed by atoms with Crippen molar-refractivity contribution in [1.29, 1.82) is 0 Å². The Kier molecular flexibility index (Phi) is 5.69. The Morgan fingerprint density at radius 1 is 0.929 bits per heavy atom. The summed E-state index contributed by atoms with van der Waals surface area (Å²) in [5, 5.41) is 2.70. The fraction of sp³-hybridized carbons (Fsp3) is 0.364. The molecule has 146 valence electrons. The Hall–Kier alpha value is -2.70. The van der Waals surface area contributed by atoms with Crippen LogP contribution in [-0.2, 0) is 17.9 Å². The van der Waals surface area contributed by atoms with Crippen LogP contribution in [0.4, 0.5) is 0 Å². The number of piperazine rings is 1. The normalized spacial score (nSPS) is 15.8. The molecule has 1 aliphatic rings. The summed E-state index contributed by atoms with van der Waals surface area (Å²) in [6, 6.07) is 18.9. The highest BCUT2D eigenvalue weighted by atomic mass is 16.1. The molecule has 6 heteroatoms. The summed E-state index contributed by atoms with van der Waals surface area (Å²) in [7, 11) is 1.69. The van der Waals surface area contributed by atoms with Gasteiger partial charge in [0, 0.05) is 39.8 Å². The van der Waals surface area contributed by atoms with E-state index in [9.17, 15) is 4.79 Å². The van der Waals surface area contributed by atoms with Gasteiger partial charge in [0.2, 0.25) is 5.91 Å². The van der Waals surface area contributed by atoms with Crippen molar-refractivity contribution in [3.8, 4) is 0 Å². The van der Waals surface area contributed by atoms with Crippen molar-refractivity contribution < 1.29 is 4.79 Å². The van der Waals surface area contributed by atoms with Crippen LogP contribution in [-0.4, -0.2) is 65.0 Å². The summed E-state index contributed by atoms with van der Waals surface area (Å²) in [6.07, 6.45) is 0. The molecule has 1 aromatic heterocycles. The van der Waals surface area contributed by atoms with Gasteiger partial charge in [-0.1, -0.05) is 42.5 Å². The molecule has 0 unspecified atom stereocenters. The Balaban J connectivity index is 1.49. The van der Waals surface area contributed by atoms with Crippen molar-refractivity contribution in [2.45, 2.75) is 13.1 Å². The maximum absolute atomic E-state index is 11.6. The zero-order valence-corrected chi connectivity index (χ0v) is 16.3. The van der Waals surface area contributed by atoms with Gasteiger partial charge in [-0.25, -0.2) is 4.98 Å². The van der Waals surface area contributed by atoms with Crippen LogP contribution in [0.3, 0.4) is 0 Å². The molecule has 1 saturated heterocycles. The van der Waals surface area contributed by atoms with Crippen LogP contribution in [0.15, 0.2) is 54.6 Å². The lowest BCUT2D eigenvalue weighted by Crippen LogP contribution is -2.49. The van der Waals surface area contributed by atoms with E-state index in [4.69, 9.17) is 4.98 Å². The summed E-state index contributed by atoms with van der Waals surface area (Å²) >= 11 is 0. The molecule has 1 aliphatic heterocycles. The molecule has 0 radical (unpaired) electrons. The van der Waals surface area contributed by atoms with Crippen molar-refractivity contribution in [3.05, 3.63) is 66.0 Å². The van der Waals surface area contributed by atoms with E-state index in [0.29, 0.717) is 6.54 Å². The van der Waals surface area contributed by atoms with Crippen LogP contribution in [0.1, 0.15) is 11.4 Å². The summed E-state index contributed by atoms with van der Waals surface area (Å²) in [4.78, 5) is 21.2. The largest absolute Gasteiger partial charge is 0.358 e. The van der Waals surface area contributed by atoms with Gasteiger partial charge in [-0.05, 0) is 17.7 Å². The quantitative estimate of drug-likeness (QED) is 0.713. The molecular formula is C22H27N5O. The summed E-state index contributed by atoms with van der Waals surface area (Å²) in [5.41, 5.74) is 3.51. The number of carbonyl (C=O) groups excluding carboxylic acids is 1. The lowest BCUT2D eigenvalue weighted by Gasteiger charge is -2.34. The summed E-state index contributed by atoms with van der Waals surface area (Å²) in [6.45, 7) is 5.86. The molecule has 28 heavy (non-hydrogen) atoms. The molecule has 4 rings (SSSR count). The third-order valence-electron chi connectivity index (χ3n) is 5.39. The van der Waals surface area contributed by atoms with Gasteiger partial charge in [0.1, 0.15) is 5.82 Å². The van der Waals surface area contributed by atoms with Crippen LogP contribution in [0.2, 0.25) is 0 Å². The monoisotopic (exact) mass is 377 g/mol. The van der Waals surface area contributed by atoms with E-state index in [-0.39, 0.29) is 5.91 Å². The van der Waals surface area contributed by atoms with Gasteiger partial charge in [0.05, 0.1) is 24.1 Å². The number of likely N-dealkylation sites (N-methyl/N-ethyl adjacent to an activating group) is 1. The number of nitrogens with zero attached hydrogens (tertiary/aromatic N) is 4. The standard InChI is InChI=1S/C22H27N5O/c1-23-22(28)17-26-13-11-25(12-14-26)16-21-24-19-9-5-6-10-20(19)27(21)15-18-7-3-2-4-8-18/h2-10H,11-17H2,1H3,(H,23,28). The third kappa shape index (κ3) is 4.24. The van der Waals surface area contributed by atoms with Gasteiger partial charge in [-0.15, -0.1) is 0 Å². The molecule has 1 amide bonds. The van der Waals surface area contributed by atoms with E-state index in [2.05, 4.69) is 68.2 Å². The minimum atomic E-state index is 0.0816. The Morgan fingerprint density at radius 3 is 2.36 bits per heavy atom. The molecule has 1 fully saturated rings. The minimum absolute atomic E-state index is 0.0816. The molecule has 0 atom stereocenters. The fourth-order valence-electron chi connectivity index (χ4n) is 3.78. The predicted octanol–water partition coefficient (Wildman–Crippen LogP) is 1.95. The van der Waals surface area contributed by atoms with E-state index in [1.807, 2.05) is 6.07 Å². The number of para-hydroxylation sites is 2. The van der Waals surface area contributed by atoms with Gasteiger partial charge in [-0.2, -0.15) is 0 Å². The van der Waals surface area contributed by atoms with Crippen molar-refractivity contribution >= 4 is 16.9 Å². The van der Waals surface area contributed by atoms with Gasteiger partial charge in [0.15, 0.2) is 0 Å². The third-order valence-corrected chi connectivity index (χ3v) is 5.39. The summed E-state index contributed by atoms with van der Waals surface area (Å²) in [5.74, 6) is 1.18. The van der Waals surface area contributed by atoms with Gasteiger partial charge >= 0.3 is 0 Å². The van der Waals surface area contributed by atoms with Crippen LogP contribution < -0.4 is 5.32 Å². The highest BCUT2D eigenvalue weighted by Crippen LogP contribution is 2.19. The number of fused-ring (bicyclic) bond motifs is 1. The smallest absolute Gasteiger partial charge is 0.233 e. The first-order valence-electron chi connectivity index (χ1n) is 9.86. The maximum Gasteiger partial charge on any atom is 0.233 e. The molecule has 0 spiro atoms. The molecule has 3 aromatic rings. The molecule has 0 bridgehead atoms. The maximum atomic E-state index is 11.6. The number of imidazole rings is 1. The fourth-order valence-corrected chi connectivity index (χ4v) is 3.78. The van der Waals surface area contributed by atoms with Crippen molar-refractivity contribution in [2.24, 2.45) is 0 Å². The second-order valence-electron chi connectivity index (χ2n) is 7.31. The van der Waals surface area contributed by atoms with E-state index in [1.165, 1.54) is 11.1 Å². The number of amides is 1. The van der Waals surface area contributed by atoms with Gasteiger partial charge in [0.25, 0.3) is 0 Å². The first-order valence-corrected chi connectivity index (χ1v) is 9.86. The second-order valence-corrected chi connectivity index (χ2v) is 7.31. The highest BCUT2D eigenvalue weighted by Gasteiger charge is 2.21. The zero-order valence-electron chi connectivity index (χ0n) is 16.3. The average Bonchev–Trinajstić information content (AvgIpc) is 3.07. The van der Waals surface area contributed by atoms with Crippen LogP contribution >= 0.6 is 0 Å². The van der Waals surface area contributed by atoms with Gasteiger partial charge < -0.3 is 9.88 Å². The SMILES string of the molecule is CNC(=O)CN1CCN(Cc2nc3ccccc3n2Cc2ccccc2)CC1. The van der Waals surface area contributed by atoms with Crippen LogP contribution in [0, 0.1) is 0 Å². The van der Waals surface area contributed by atoms with E-state index in [1.54, 1.807) is 7.05 Å². The lowest BCUT2D eigenvalue weighted by molar-refractivity contribution is -0.122. The minimum Gasteiger partial charge on any atom is -0.358 e. The first-order chi connectivity index (χ1) is 13.7. The molecule has 6 nitrogen and oxygen atoms in total. The van der Waals surface area contributed by atoms with E-state index >= 15 is 0 Å². The van der Waals surface area contributed by atoms with Gasteiger partial charge in [-0.3, -0.25) is 14.6 Å². The zero-order chi connectivity index (χ0) is 19.3. The number of benzene rings is 2. The molecule has 0 saturated carbocycles. The number of carbonyl (C=O) groups is 1. The van der Waals surface area contributed by atoms with Crippen LogP contribution in [0.5, 0.6) is 0 Å². The van der Waals surface area contributed by atoms with Crippen LogP contribution in [0.25, 0.3) is 11.0 Å². The molecular weight excluding hydrogens is 350 g/mol. The summed E-state index contributed by atoms with van der Waals surface area (Å²) < 4.78 is 2.33. The highest BCUT2D eigenvalue weighted by molar-refractivity contribution is 5.77. The molecule has 2 aromatic carbocycles. The van der Waals surface area contributed by atoms with Crippen molar-refractivity contribution in [3.63, 3.8) is 0 Å².